The van der Waals surface area contributed by atoms with Crippen LogP contribution in [-0.2, 0) is 4.74 Å². The van der Waals surface area contributed by atoms with E-state index in [-0.39, 0.29) is 0 Å². The zero-order valence-corrected chi connectivity index (χ0v) is 13.6. The molecule has 0 saturated carbocycles. The molecule has 0 aromatic heterocycles. The zero-order valence-electron chi connectivity index (χ0n) is 13.6. The first-order valence-corrected chi connectivity index (χ1v) is 8.43. The third-order valence-electron chi connectivity index (χ3n) is 4.67. The van der Waals surface area contributed by atoms with Crippen LogP contribution >= 0.6 is 0 Å². The summed E-state index contributed by atoms with van der Waals surface area (Å²) in [6, 6.07) is 1.48. The summed E-state index contributed by atoms with van der Waals surface area (Å²) >= 11 is 0. The summed E-state index contributed by atoms with van der Waals surface area (Å²) in [6.07, 6.45) is 2.60. The number of morpholine rings is 1. The Kier molecular flexibility index (Phi) is 6.75. The van der Waals surface area contributed by atoms with Crippen molar-refractivity contribution in [3.8, 4) is 0 Å². The monoisotopic (exact) mass is 283 g/mol. The van der Waals surface area contributed by atoms with E-state index in [0.29, 0.717) is 6.04 Å². The quantitative estimate of drug-likeness (QED) is 0.715. The molecule has 1 N–H and O–H groups in total. The lowest BCUT2D eigenvalue weighted by molar-refractivity contribution is 0.0177. The van der Waals surface area contributed by atoms with Gasteiger partial charge in [0.15, 0.2) is 0 Å². The molecular formula is C16H33N3O. The van der Waals surface area contributed by atoms with E-state index in [1.807, 2.05) is 0 Å². The van der Waals surface area contributed by atoms with Crippen LogP contribution in [0.4, 0.5) is 0 Å². The molecule has 4 heteroatoms. The first-order chi connectivity index (χ1) is 9.66. The zero-order chi connectivity index (χ0) is 14.4. The first-order valence-electron chi connectivity index (χ1n) is 8.43. The molecule has 2 unspecified atom stereocenters. The van der Waals surface area contributed by atoms with Crippen molar-refractivity contribution in [2.45, 2.75) is 45.7 Å². The topological polar surface area (TPSA) is 27.7 Å². The second-order valence-corrected chi connectivity index (χ2v) is 6.82. The van der Waals surface area contributed by atoms with Crippen LogP contribution in [0.1, 0.15) is 33.6 Å². The Morgan fingerprint density at radius 3 is 2.60 bits per heavy atom. The number of likely N-dealkylation sites (tertiary alicyclic amines) is 1. The predicted molar refractivity (Wildman–Crippen MR) is 84.2 cm³/mol. The summed E-state index contributed by atoms with van der Waals surface area (Å²) in [4.78, 5) is 5.31. The van der Waals surface area contributed by atoms with E-state index >= 15 is 0 Å². The number of hydrogen-bond donors (Lipinski definition) is 1. The van der Waals surface area contributed by atoms with Crippen LogP contribution in [0.5, 0.6) is 0 Å². The molecule has 0 amide bonds. The van der Waals surface area contributed by atoms with Crippen molar-refractivity contribution >= 4 is 0 Å². The molecule has 0 bridgehead atoms. The van der Waals surface area contributed by atoms with E-state index in [1.165, 1.54) is 25.9 Å². The van der Waals surface area contributed by atoms with Gasteiger partial charge in [-0.05, 0) is 38.8 Å². The molecule has 2 saturated heterocycles. The second-order valence-electron chi connectivity index (χ2n) is 6.82. The molecule has 2 atom stereocenters. The molecule has 2 rings (SSSR count). The molecule has 0 spiro atoms. The Balaban J connectivity index is 1.63. The highest BCUT2D eigenvalue weighted by Crippen LogP contribution is 2.19. The molecule has 0 aromatic carbocycles. The van der Waals surface area contributed by atoms with Gasteiger partial charge in [0.1, 0.15) is 0 Å². The lowest BCUT2D eigenvalue weighted by Crippen LogP contribution is -2.45. The minimum Gasteiger partial charge on any atom is -0.379 e. The predicted octanol–water partition coefficient (Wildman–Crippen LogP) is 1.42. The van der Waals surface area contributed by atoms with Crippen LogP contribution in [-0.4, -0.2) is 74.4 Å². The summed E-state index contributed by atoms with van der Waals surface area (Å²) in [5, 5.41) is 3.56. The van der Waals surface area contributed by atoms with E-state index in [1.54, 1.807) is 0 Å². The molecule has 2 aliphatic heterocycles. The Morgan fingerprint density at radius 2 is 1.90 bits per heavy atom. The molecular weight excluding hydrogens is 250 g/mol. The van der Waals surface area contributed by atoms with Gasteiger partial charge in [0.25, 0.3) is 0 Å². The van der Waals surface area contributed by atoms with Crippen LogP contribution < -0.4 is 5.32 Å². The van der Waals surface area contributed by atoms with Gasteiger partial charge in [0.05, 0.1) is 13.2 Å². The van der Waals surface area contributed by atoms with Crippen LogP contribution in [0, 0.1) is 5.92 Å². The average Bonchev–Trinajstić information content (AvgIpc) is 2.94. The Labute approximate surface area is 124 Å². The third-order valence-corrected chi connectivity index (χ3v) is 4.67. The standard InChI is InChI=1S/C16H33N3O/c1-14(2)12-17-6-4-15(3)19-7-5-16(13-19)18-8-10-20-11-9-18/h14-17H,4-13H2,1-3H3. The minimum atomic E-state index is 0.709. The molecule has 4 nitrogen and oxygen atoms in total. The SMILES string of the molecule is CC(C)CNCCC(C)N1CCC(N2CCOCC2)C1. The molecule has 0 aromatic rings. The number of ether oxygens (including phenoxy) is 1. The van der Waals surface area contributed by atoms with Crippen molar-refractivity contribution in [3.63, 3.8) is 0 Å². The van der Waals surface area contributed by atoms with Gasteiger partial charge in [-0.2, -0.15) is 0 Å². The fourth-order valence-electron chi connectivity index (χ4n) is 3.29. The van der Waals surface area contributed by atoms with Crippen molar-refractivity contribution in [2.75, 3.05) is 52.5 Å². The van der Waals surface area contributed by atoms with E-state index in [9.17, 15) is 0 Å². The summed E-state index contributed by atoms with van der Waals surface area (Å²) in [5.41, 5.74) is 0. The molecule has 2 fully saturated rings. The van der Waals surface area contributed by atoms with E-state index in [0.717, 1.165) is 51.4 Å². The third kappa shape index (κ3) is 4.99. The lowest BCUT2D eigenvalue weighted by Gasteiger charge is -2.33. The van der Waals surface area contributed by atoms with Crippen molar-refractivity contribution in [1.29, 1.82) is 0 Å². The van der Waals surface area contributed by atoms with Gasteiger partial charge in [0.2, 0.25) is 0 Å². The van der Waals surface area contributed by atoms with Crippen molar-refractivity contribution < 1.29 is 4.74 Å². The van der Waals surface area contributed by atoms with E-state index in [2.05, 4.69) is 35.9 Å². The van der Waals surface area contributed by atoms with Gasteiger partial charge >= 0.3 is 0 Å². The largest absolute Gasteiger partial charge is 0.379 e. The molecule has 0 aliphatic carbocycles. The summed E-state index contributed by atoms with van der Waals surface area (Å²) in [5.74, 6) is 0.753. The van der Waals surface area contributed by atoms with Crippen LogP contribution in [0.3, 0.4) is 0 Å². The number of nitrogens with zero attached hydrogens (tertiary/aromatic N) is 2. The van der Waals surface area contributed by atoms with Crippen molar-refractivity contribution in [2.24, 2.45) is 5.92 Å². The molecule has 2 aliphatic rings. The Morgan fingerprint density at radius 1 is 1.15 bits per heavy atom. The fraction of sp³-hybridized carbons (Fsp3) is 1.00. The van der Waals surface area contributed by atoms with Gasteiger partial charge < -0.3 is 10.1 Å². The molecule has 2 heterocycles. The van der Waals surface area contributed by atoms with Crippen LogP contribution in [0.25, 0.3) is 0 Å². The normalized spacial score (nSPS) is 27.3. The molecule has 118 valence electrons. The summed E-state index contributed by atoms with van der Waals surface area (Å²) < 4.78 is 5.45. The summed E-state index contributed by atoms with van der Waals surface area (Å²) in [7, 11) is 0. The lowest BCUT2D eigenvalue weighted by atomic mass is 10.2. The maximum absolute atomic E-state index is 5.45. The maximum atomic E-state index is 5.45. The highest BCUT2D eigenvalue weighted by Gasteiger charge is 2.30. The van der Waals surface area contributed by atoms with Gasteiger partial charge in [0, 0.05) is 38.3 Å². The van der Waals surface area contributed by atoms with E-state index < -0.39 is 0 Å². The number of nitrogens with one attached hydrogen (secondary N) is 1. The minimum absolute atomic E-state index is 0.709. The van der Waals surface area contributed by atoms with Gasteiger partial charge in [-0.3, -0.25) is 9.80 Å². The molecule has 0 radical (unpaired) electrons. The maximum Gasteiger partial charge on any atom is 0.0594 e. The average molecular weight is 283 g/mol. The highest BCUT2D eigenvalue weighted by molar-refractivity contribution is 4.86. The Hall–Kier alpha value is -0.160. The van der Waals surface area contributed by atoms with Crippen molar-refractivity contribution in [3.05, 3.63) is 0 Å². The fourth-order valence-corrected chi connectivity index (χ4v) is 3.29. The molecule has 20 heavy (non-hydrogen) atoms. The van der Waals surface area contributed by atoms with Gasteiger partial charge in [-0.1, -0.05) is 13.8 Å². The number of rotatable bonds is 7. The Bertz CT molecular complexity index is 266. The smallest absolute Gasteiger partial charge is 0.0594 e. The first kappa shape index (κ1) is 16.2. The van der Waals surface area contributed by atoms with Crippen LogP contribution in [0.15, 0.2) is 0 Å². The summed E-state index contributed by atoms with van der Waals surface area (Å²) in [6.45, 7) is 15.8. The van der Waals surface area contributed by atoms with Gasteiger partial charge in [-0.15, -0.1) is 0 Å². The van der Waals surface area contributed by atoms with Crippen LogP contribution in [0.2, 0.25) is 0 Å². The second kappa shape index (κ2) is 8.32. The van der Waals surface area contributed by atoms with Crippen molar-refractivity contribution in [1.82, 2.24) is 15.1 Å². The number of hydrogen-bond acceptors (Lipinski definition) is 4. The highest BCUT2D eigenvalue weighted by atomic mass is 16.5. The van der Waals surface area contributed by atoms with E-state index in [4.69, 9.17) is 4.74 Å². The van der Waals surface area contributed by atoms with Gasteiger partial charge in [-0.25, -0.2) is 0 Å².